The van der Waals surface area contributed by atoms with Gasteiger partial charge in [-0.05, 0) is 63.5 Å². The van der Waals surface area contributed by atoms with Gasteiger partial charge in [0.25, 0.3) is 0 Å². The van der Waals surface area contributed by atoms with E-state index in [0.717, 1.165) is 68.8 Å². The number of nitrogens with one attached hydrogen (secondary N) is 2. The van der Waals surface area contributed by atoms with Crippen molar-refractivity contribution in [3.05, 3.63) is 29.3 Å². The molecule has 1 aliphatic carbocycles. The van der Waals surface area contributed by atoms with Crippen molar-refractivity contribution in [1.82, 2.24) is 10.6 Å². The summed E-state index contributed by atoms with van der Waals surface area (Å²) in [5, 5.41) is 6.74. The van der Waals surface area contributed by atoms with Crippen LogP contribution in [0.1, 0.15) is 50.2 Å². The Balaban J connectivity index is 0.00000364. The highest BCUT2D eigenvalue weighted by Gasteiger charge is 2.22. The monoisotopic (exact) mass is 489 g/mol. The van der Waals surface area contributed by atoms with E-state index in [2.05, 4.69) is 42.7 Å². The van der Waals surface area contributed by atoms with Crippen LogP contribution >= 0.6 is 24.0 Å². The number of hydrogen-bond acceptors (Lipinski definition) is 3. The lowest BCUT2D eigenvalue weighted by Gasteiger charge is -2.13. The summed E-state index contributed by atoms with van der Waals surface area (Å²) in [5.74, 6) is 2.60. The number of rotatable bonds is 12. The normalized spacial score (nSPS) is 13.8. The number of aliphatic imine (C=N–C) groups is 1. The smallest absolute Gasteiger partial charge is 0.191 e. The maximum atomic E-state index is 6.05. The molecule has 1 aromatic rings. The van der Waals surface area contributed by atoms with Crippen molar-refractivity contribution in [3.8, 4) is 5.75 Å². The van der Waals surface area contributed by atoms with Crippen LogP contribution in [0.4, 0.5) is 0 Å². The van der Waals surface area contributed by atoms with E-state index < -0.39 is 0 Å². The van der Waals surface area contributed by atoms with Gasteiger partial charge < -0.3 is 20.1 Å². The van der Waals surface area contributed by atoms with Crippen LogP contribution in [0.3, 0.4) is 0 Å². The quantitative estimate of drug-likeness (QED) is 0.199. The Bertz CT molecular complexity index is 562. The first-order valence-corrected chi connectivity index (χ1v) is 9.96. The van der Waals surface area contributed by atoms with Crippen molar-refractivity contribution in [2.75, 3.05) is 33.4 Å². The number of guanidine groups is 1. The van der Waals surface area contributed by atoms with Crippen LogP contribution in [0.25, 0.3) is 0 Å². The molecule has 0 bridgehead atoms. The average molecular weight is 489 g/mol. The summed E-state index contributed by atoms with van der Waals surface area (Å²) in [6.45, 7) is 8.27. The van der Waals surface area contributed by atoms with Crippen molar-refractivity contribution in [2.24, 2.45) is 10.9 Å². The molecular weight excluding hydrogens is 453 g/mol. The molecule has 0 atom stereocenters. The molecule has 5 nitrogen and oxygen atoms in total. The van der Waals surface area contributed by atoms with Gasteiger partial charge in [-0.1, -0.05) is 12.1 Å². The van der Waals surface area contributed by atoms with Crippen LogP contribution in [0, 0.1) is 12.8 Å². The van der Waals surface area contributed by atoms with Gasteiger partial charge in [0, 0.05) is 32.4 Å². The van der Waals surface area contributed by atoms with Crippen molar-refractivity contribution < 1.29 is 9.47 Å². The number of benzene rings is 1. The second kappa shape index (κ2) is 14.0. The Morgan fingerprint density at radius 2 is 2.00 bits per heavy atom. The van der Waals surface area contributed by atoms with E-state index in [0.29, 0.717) is 6.54 Å². The van der Waals surface area contributed by atoms with Gasteiger partial charge in [-0.2, -0.15) is 0 Å². The molecule has 1 aromatic carbocycles. The molecule has 1 saturated carbocycles. The molecule has 2 rings (SSSR count). The van der Waals surface area contributed by atoms with E-state index in [9.17, 15) is 0 Å². The van der Waals surface area contributed by atoms with E-state index in [4.69, 9.17) is 14.5 Å². The number of nitrogens with zero attached hydrogens (tertiary/aromatic N) is 1. The number of aryl methyl sites for hydroxylation is 1. The van der Waals surface area contributed by atoms with E-state index in [1.165, 1.54) is 18.4 Å². The molecule has 0 amide bonds. The zero-order valence-electron chi connectivity index (χ0n) is 17.1. The van der Waals surface area contributed by atoms with Crippen LogP contribution in [0.2, 0.25) is 0 Å². The van der Waals surface area contributed by atoms with Crippen molar-refractivity contribution >= 4 is 29.9 Å². The second-order valence-corrected chi connectivity index (χ2v) is 7.04. The maximum absolute atomic E-state index is 6.05. The van der Waals surface area contributed by atoms with Crippen LogP contribution < -0.4 is 15.4 Å². The highest BCUT2D eigenvalue weighted by atomic mass is 127. The van der Waals surface area contributed by atoms with Gasteiger partial charge in [0.2, 0.25) is 0 Å². The standard InChI is InChI=1S/C21H35N3O2.HI/c1-4-22-21(23-12-6-5-7-13-25-3)24-15-19-11-8-17(2)14-20(19)26-16-18-9-10-18;/h8,11,14,18H,4-7,9-10,12-13,15-16H2,1-3H3,(H2,22,23,24);1H. The highest BCUT2D eigenvalue weighted by molar-refractivity contribution is 14.0. The van der Waals surface area contributed by atoms with Gasteiger partial charge in [0.05, 0.1) is 13.2 Å². The van der Waals surface area contributed by atoms with Crippen molar-refractivity contribution in [2.45, 2.75) is 52.5 Å². The minimum absolute atomic E-state index is 0. The zero-order valence-corrected chi connectivity index (χ0v) is 19.4. The van der Waals surface area contributed by atoms with E-state index in [1.54, 1.807) is 7.11 Å². The van der Waals surface area contributed by atoms with Gasteiger partial charge in [-0.15, -0.1) is 24.0 Å². The van der Waals surface area contributed by atoms with Crippen LogP contribution in [0.15, 0.2) is 23.2 Å². The lowest BCUT2D eigenvalue weighted by molar-refractivity contribution is 0.192. The number of hydrogen-bond donors (Lipinski definition) is 2. The Kier molecular flexibility index (Phi) is 12.5. The molecule has 154 valence electrons. The lowest BCUT2D eigenvalue weighted by Crippen LogP contribution is -2.37. The first kappa shape index (κ1) is 24.0. The molecule has 6 heteroatoms. The maximum Gasteiger partial charge on any atom is 0.191 e. The van der Waals surface area contributed by atoms with E-state index >= 15 is 0 Å². The summed E-state index contributed by atoms with van der Waals surface area (Å²) < 4.78 is 11.1. The molecule has 2 N–H and O–H groups in total. The average Bonchev–Trinajstić information content (AvgIpc) is 3.46. The molecule has 0 aromatic heterocycles. The number of ether oxygens (including phenoxy) is 2. The lowest BCUT2D eigenvalue weighted by atomic mass is 10.1. The fourth-order valence-electron chi connectivity index (χ4n) is 2.68. The number of methoxy groups -OCH3 is 1. The third-order valence-corrected chi connectivity index (χ3v) is 4.46. The molecule has 0 radical (unpaired) electrons. The van der Waals surface area contributed by atoms with Crippen LogP contribution in [-0.2, 0) is 11.3 Å². The molecule has 0 saturated heterocycles. The third kappa shape index (κ3) is 10.2. The summed E-state index contributed by atoms with van der Waals surface area (Å²) >= 11 is 0. The Morgan fingerprint density at radius 1 is 1.19 bits per heavy atom. The predicted molar refractivity (Wildman–Crippen MR) is 123 cm³/mol. The second-order valence-electron chi connectivity index (χ2n) is 7.04. The number of unbranched alkanes of at least 4 members (excludes halogenated alkanes) is 2. The third-order valence-electron chi connectivity index (χ3n) is 4.46. The summed E-state index contributed by atoms with van der Waals surface area (Å²) in [4.78, 5) is 4.74. The predicted octanol–water partition coefficient (Wildman–Crippen LogP) is 4.27. The van der Waals surface area contributed by atoms with Gasteiger partial charge in [0.1, 0.15) is 5.75 Å². The minimum Gasteiger partial charge on any atom is -0.493 e. The summed E-state index contributed by atoms with van der Waals surface area (Å²) in [7, 11) is 1.75. The van der Waals surface area contributed by atoms with E-state index in [-0.39, 0.29) is 24.0 Å². The molecule has 27 heavy (non-hydrogen) atoms. The summed E-state index contributed by atoms with van der Waals surface area (Å²) in [6.07, 6.45) is 6.00. The Morgan fingerprint density at radius 3 is 2.70 bits per heavy atom. The highest BCUT2D eigenvalue weighted by Crippen LogP contribution is 2.30. The topological polar surface area (TPSA) is 54.9 Å². The van der Waals surface area contributed by atoms with Crippen molar-refractivity contribution in [1.29, 1.82) is 0 Å². The fraction of sp³-hybridized carbons (Fsp3) is 0.667. The molecule has 1 aliphatic rings. The molecule has 0 spiro atoms. The van der Waals surface area contributed by atoms with E-state index in [1.807, 2.05) is 0 Å². The SMILES string of the molecule is CCNC(=NCc1ccc(C)cc1OCC1CC1)NCCCCCOC.I. The Labute approximate surface area is 181 Å². The summed E-state index contributed by atoms with van der Waals surface area (Å²) in [6, 6.07) is 6.39. The molecule has 0 unspecified atom stereocenters. The van der Waals surface area contributed by atoms with Gasteiger partial charge in [-0.25, -0.2) is 4.99 Å². The van der Waals surface area contributed by atoms with Crippen LogP contribution in [-0.4, -0.2) is 39.4 Å². The van der Waals surface area contributed by atoms with Gasteiger partial charge >= 0.3 is 0 Å². The molecule has 1 fully saturated rings. The Hall–Kier alpha value is -1.02. The molecule has 0 heterocycles. The van der Waals surface area contributed by atoms with Crippen molar-refractivity contribution in [3.63, 3.8) is 0 Å². The zero-order chi connectivity index (χ0) is 18.6. The first-order valence-electron chi connectivity index (χ1n) is 9.96. The minimum atomic E-state index is 0. The van der Waals surface area contributed by atoms with Gasteiger partial charge in [-0.3, -0.25) is 0 Å². The molecule has 0 aliphatic heterocycles. The fourth-order valence-corrected chi connectivity index (χ4v) is 2.68. The van der Waals surface area contributed by atoms with Crippen LogP contribution in [0.5, 0.6) is 5.75 Å². The van der Waals surface area contributed by atoms with Gasteiger partial charge in [0.15, 0.2) is 5.96 Å². The first-order chi connectivity index (χ1) is 12.7. The largest absolute Gasteiger partial charge is 0.493 e. The number of halogens is 1. The summed E-state index contributed by atoms with van der Waals surface area (Å²) in [5.41, 5.74) is 2.37. The molecular formula is C21H36IN3O2.